The Bertz CT molecular complexity index is 994. The van der Waals surface area contributed by atoms with Crippen LogP contribution in [-0.4, -0.2) is 32.6 Å². The Hall–Kier alpha value is -1.70. The van der Waals surface area contributed by atoms with Gasteiger partial charge in [-0.2, -0.15) is 0 Å². The fourth-order valence-corrected chi connectivity index (χ4v) is 11.9. The van der Waals surface area contributed by atoms with Crippen molar-refractivity contribution in [3.05, 3.63) is 89.5 Å². The fraction of sp³-hybridized carbons (Fsp3) is 0.357. The van der Waals surface area contributed by atoms with Gasteiger partial charge in [0.25, 0.3) is 0 Å². The second-order valence-corrected chi connectivity index (χ2v) is 17.2. The number of hydrogen-bond acceptors (Lipinski definition) is 2. The summed E-state index contributed by atoms with van der Waals surface area (Å²) in [7, 11) is 0. The van der Waals surface area contributed by atoms with E-state index in [-0.39, 0.29) is 11.0 Å². The Morgan fingerprint density at radius 3 is 1.61 bits per heavy atom. The van der Waals surface area contributed by atoms with Crippen LogP contribution >= 0.6 is 0 Å². The first kappa shape index (κ1) is 22.5. The van der Waals surface area contributed by atoms with Crippen LogP contribution in [0.25, 0.3) is 0 Å². The normalized spacial score (nSPS) is 15.5. The van der Waals surface area contributed by atoms with E-state index in [4.69, 9.17) is 2.81 Å². The molecular weight excluding hydrogens is 575 g/mol. The second kappa shape index (κ2) is 8.68. The first-order valence-electron chi connectivity index (χ1n) is 11.1. The van der Waals surface area contributed by atoms with Gasteiger partial charge >= 0.3 is 197 Å². The molecule has 0 amide bonds. The molecule has 0 fully saturated rings. The van der Waals surface area contributed by atoms with Crippen molar-refractivity contribution in [2.75, 3.05) is 0 Å². The Morgan fingerprint density at radius 1 is 0.677 bits per heavy atom. The topological polar surface area (TPSA) is 12.5 Å². The second-order valence-electron chi connectivity index (χ2n) is 10.4. The third-order valence-electron chi connectivity index (χ3n) is 6.01. The molecule has 0 aromatic heterocycles. The van der Waals surface area contributed by atoms with Crippen LogP contribution in [0, 0.1) is 0 Å². The predicted molar refractivity (Wildman–Crippen MR) is 133 cm³/mol. The van der Waals surface area contributed by atoms with E-state index >= 15 is 0 Å². The van der Waals surface area contributed by atoms with Gasteiger partial charge in [-0.25, -0.2) is 0 Å². The number of nitrogens with zero attached hydrogens (tertiary/aromatic N) is 1. The van der Waals surface area contributed by atoms with Crippen molar-refractivity contribution in [1.82, 2.24) is 4.90 Å². The molecule has 4 rings (SSSR count). The van der Waals surface area contributed by atoms with Crippen LogP contribution in [0.15, 0.2) is 72.8 Å². The summed E-state index contributed by atoms with van der Waals surface area (Å²) in [5.74, 6) is 1.00. The maximum atomic E-state index is 6.92. The number of hydrogen-bond donors (Lipinski definition) is 0. The van der Waals surface area contributed by atoms with Crippen LogP contribution in [0.5, 0.6) is 5.75 Å². The maximum absolute atomic E-state index is 6.92. The van der Waals surface area contributed by atoms with E-state index in [2.05, 4.69) is 119 Å². The molecule has 0 bridgehead atoms. The standard InChI is InChI=1S/C18H21N.C10H14O.Bi/c1-18(2,3)19(14-16-10-6-4-7-11-16)15-17-12-8-5-9-13-17;1-10(2,3)8-4-6-9(11)7-5-8;/h4-10,12H,14-15H2,1-3H3;4-7,11H,1-3H3;/q;;+1/p-1. The van der Waals surface area contributed by atoms with Gasteiger partial charge in [0.15, 0.2) is 0 Å². The third-order valence-corrected chi connectivity index (χ3v) is 14.3. The average molecular weight is 610 g/mol. The molecule has 162 valence electrons. The third kappa shape index (κ3) is 5.04. The molecule has 1 aliphatic heterocycles. The summed E-state index contributed by atoms with van der Waals surface area (Å²) in [6.45, 7) is 15.6. The zero-order chi connectivity index (χ0) is 22.2. The number of benzene rings is 3. The zero-order valence-electron chi connectivity index (χ0n) is 19.6. The van der Waals surface area contributed by atoms with Crippen LogP contribution in [0.4, 0.5) is 0 Å². The number of rotatable bonds is 2. The minimum absolute atomic E-state index is 0.103. The van der Waals surface area contributed by atoms with Gasteiger partial charge in [0.05, 0.1) is 0 Å². The van der Waals surface area contributed by atoms with Gasteiger partial charge in [0, 0.05) is 0 Å². The van der Waals surface area contributed by atoms with Crippen molar-refractivity contribution in [1.29, 1.82) is 0 Å². The molecule has 1 heterocycles. The Balaban J connectivity index is 1.78. The van der Waals surface area contributed by atoms with Crippen molar-refractivity contribution in [3.63, 3.8) is 0 Å². The van der Waals surface area contributed by atoms with E-state index in [1.54, 1.807) is 0 Å². The summed E-state index contributed by atoms with van der Waals surface area (Å²) >= 11 is -2.71. The summed E-state index contributed by atoms with van der Waals surface area (Å²) in [5, 5.41) is 0. The first-order valence-corrected chi connectivity index (χ1v) is 16.0. The van der Waals surface area contributed by atoms with Gasteiger partial charge in [-0.05, 0) is 0 Å². The monoisotopic (exact) mass is 609 g/mol. The summed E-state index contributed by atoms with van der Waals surface area (Å²) < 4.78 is 9.83. The van der Waals surface area contributed by atoms with E-state index in [0.29, 0.717) is 0 Å². The van der Waals surface area contributed by atoms with Crippen LogP contribution in [0.1, 0.15) is 58.2 Å². The van der Waals surface area contributed by atoms with Gasteiger partial charge in [-0.15, -0.1) is 0 Å². The summed E-state index contributed by atoms with van der Waals surface area (Å²) in [5.41, 5.74) is 4.45. The summed E-state index contributed by atoms with van der Waals surface area (Å²) in [6, 6.07) is 26.7. The first-order chi connectivity index (χ1) is 14.6. The fourth-order valence-electron chi connectivity index (χ4n) is 3.98. The van der Waals surface area contributed by atoms with Gasteiger partial charge in [0.1, 0.15) is 0 Å². The van der Waals surface area contributed by atoms with Gasteiger partial charge < -0.3 is 0 Å². The van der Waals surface area contributed by atoms with Crippen molar-refractivity contribution in [2.24, 2.45) is 0 Å². The molecule has 31 heavy (non-hydrogen) atoms. The zero-order valence-corrected chi connectivity index (χ0v) is 23.1. The predicted octanol–water partition coefficient (Wildman–Crippen LogP) is 5.28. The Labute approximate surface area is 196 Å². The van der Waals surface area contributed by atoms with E-state index in [9.17, 15) is 0 Å². The van der Waals surface area contributed by atoms with Gasteiger partial charge in [-0.3, -0.25) is 0 Å². The summed E-state index contributed by atoms with van der Waals surface area (Å²) in [6.07, 6.45) is 0. The van der Waals surface area contributed by atoms with Crippen LogP contribution in [0.2, 0.25) is 0 Å². The minimum atomic E-state index is -2.71. The molecule has 0 spiro atoms. The van der Waals surface area contributed by atoms with Crippen molar-refractivity contribution >= 4 is 28.7 Å². The Kier molecular flexibility index (Phi) is 6.30. The van der Waals surface area contributed by atoms with Crippen LogP contribution in [0.3, 0.4) is 0 Å². The molecule has 1 aliphatic rings. The van der Waals surface area contributed by atoms with E-state index in [0.717, 1.165) is 18.8 Å². The van der Waals surface area contributed by atoms with Gasteiger partial charge in [-0.1, -0.05) is 0 Å². The van der Waals surface area contributed by atoms with Gasteiger partial charge in [0.2, 0.25) is 0 Å². The van der Waals surface area contributed by atoms with Crippen molar-refractivity contribution in [3.8, 4) is 5.75 Å². The molecule has 3 heteroatoms. The van der Waals surface area contributed by atoms with Crippen LogP contribution in [-0.2, 0) is 18.5 Å². The average Bonchev–Trinajstić information content (AvgIpc) is 2.70. The molecule has 0 N–H and O–H groups in total. The SMILES string of the molecule is CC(C)(C)c1ccc([O][Bi]2[c]3ccccc3CN(C(C)(C)C)Cc3cccc[c]32)cc1. The molecule has 3 aromatic rings. The van der Waals surface area contributed by atoms with Crippen molar-refractivity contribution < 1.29 is 2.81 Å². The molecule has 0 unspecified atom stereocenters. The van der Waals surface area contributed by atoms with Crippen LogP contribution < -0.4 is 9.36 Å². The molecule has 0 atom stereocenters. The molecule has 2 nitrogen and oxygen atoms in total. The van der Waals surface area contributed by atoms with E-state index in [1.165, 1.54) is 23.2 Å². The molecule has 0 radical (unpaired) electrons. The Morgan fingerprint density at radius 2 is 1.16 bits per heavy atom. The molecule has 0 saturated carbocycles. The molecular formula is C28H34BiNO. The summed E-state index contributed by atoms with van der Waals surface area (Å²) in [4.78, 5) is 2.59. The molecule has 3 aromatic carbocycles. The van der Waals surface area contributed by atoms with E-state index < -0.39 is 22.2 Å². The quantitative estimate of drug-likeness (QED) is 0.367. The molecule has 0 saturated heterocycles. The number of fused-ring (bicyclic) bond motifs is 2. The van der Waals surface area contributed by atoms with E-state index in [1.807, 2.05) is 0 Å². The molecule has 0 aliphatic carbocycles. The van der Waals surface area contributed by atoms with Crippen molar-refractivity contribution in [2.45, 2.75) is 65.6 Å².